The molecule has 16 heavy (non-hydrogen) atoms. The Balaban J connectivity index is 2.55. The zero-order valence-electron chi connectivity index (χ0n) is 10.4. The van der Waals surface area contributed by atoms with Crippen LogP contribution in [0.1, 0.15) is 39.5 Å². The Morgan fingerprint density at radius 1 is 1.50 bits per heavy atom. The lowest BCUT2D eigenvalue weighted by Gasteiger charge is -2.31. The number of rotatable bonds is 5. The predicted molar refractivity (Wildman–Crippen MR) is 65.0 cm³/mol. The van der Waals surface area contributed by atoms with Crippen molar-refractivity contribution in [3.8, 4) is 0 Å². The van der Waals surface area contributed by atoms with Crippen molar-refractivity contribution >= 4 is 5.91 Å². The third kappa shape index (κ3) is 3.63. The molecule has 0 aromatic heterocycles. The Kier molecular flexibility index (Phi) is 5.53. The largest absolute Gasteiger partial charge is 0.396 e. The molecule has 0 aromatic rings. The van der Waals surface area contributed by atoms with Crippen LogP contribution in [0.4, 0.5) is 0 Å². The predicted octanol–water partition coefficient (Wildman–Crippen LogP) is 1.96. The summed E-state index contributed by atoms with van der Waals surface area (Å²) in [5, 5.41) is 8.84. The average Bonchev–Trinajstić information content (AvgIpc) is 2.30. The van der Waals surface area contributed by atoms with Gasteiger partial charge in [-0.25, -0.2) is 0 Å². The third-order valence-electron chi connectivity index (χ3n) is 3.08. The molecule has 1 amide bonds. The molecule has 1 aliphatic rings. The molecule has 1 rings (SSSR count). The molecule has 0 spiro atoms. The molecule has 0 aromatic carbocycles. The highest BCUT2D eigenvalue weighted by molar-refractivity contribution is 5.79. The van der Waals surface area contributed by atoms with E-state index < -0.39 is 0 Å². The molecule has 0 saturated heterocycles. The van der Waals surface area contributed by atoms with Crippen LogP contribution in [0, 0.1) is 5.92 Å². The van der Waals surface area contributed by atoms with Gasteiger partial charge >= 0.3 is 0 Å². The lowest BCUT2D eigenvalue weighted by atomic mass is 9.92. The molecular formula is C13H23NO2. The Labute approximate surface area is 98.1 Å². The summed E-state index contributed by atoms with van der Waals surface area (Å²) < 4.78 is 0. The van der Waals surface area contributed by atoms with Gasteiger partial charge in [-0.15, -0.1) is 0 Å². The Hall–Kier alpha value is -0.830. The van der Waals surface area contributed by atoms with Crippen molar-refractivity contribution in [2.75, 3.05) is 13.2 Å². The number of carbonyl (C=O) groups is 1. The third-order valence-corrected chi connectivity index (χ3v) is 3.08. The first-order valence-electron chi connectivity index (χ1n) is 6.23. The van der Waals surface area contributed by atoms with E-state index in [2.05, 4.69) is 12.2 Å². The van der Waals surface area contributed by atoms with Crippen molar-refractivity contribution in [1.29, 1.82) is 0 Å². The zero-order valence-corrected chi connectivity index (χ0v) is 10.4. The first-order chi connectivity index (χ1) is 7.66. The fourth-order valence-corrected chi connectivity index (χ4v) is 2.12. The molecule has 1 atom stereocenters. The number of carbonyl (C=O) groups excluding carboxylic acids is 1. The first-order valence-corrected chi connectivity index (χ1v) is 6.23. The summed E-state index contributed by atoms with van der Waals surface area (Å²) in [7, 11) is 0. The Morgan fingerprint density at radius 3 is 2.75 bits per heavy atom. The minimum Gasteiger partial charge on any atom is -0.396 e. The lowest BCUT2D eigenvalue weighted by Crippen LogP contribution is -2.42. The second-order valence-electron chi connectivity index (χ2n) is 4.68. The topological polar surface area (TPSA) is 40.5 Å². The first kappa shape index (κ1) is 13.2. The standard InChI is InChI=1S/C13H23NO2/c1-11(2)14(9-6-10-15)13(16)12-7-4-3-5-8-12/h3-4,11-12,15H,5-10H2,1-2H3. The van der Waals surface area contributed by atoms with E-state index in [1.807, 2.05) is 18.7 Å². The summed E-state index contributed by atoms with van der Waals surface area (Å²) in [5.41, 5.74) is 0. The number of aliphatic hydroxyl groups is 1. The van der Waals surface area contributed by atoms with Crippen LogP contribution < -0.4 is 0 Å². The van der Waals surface area contributed by atoms with Crippen LogP contribution >= 0.6 is 0 Å². The van der Waals surface area contributed by atoms with Crippen molar-refractivity contribution in [2.24, 2.45) is 5.92 Å². The summed E-state index contributed by atoms with van der Waals surface area (Å²) >= 11 is 0. The van der Waals surface area contributed by atoms with Crippen LogP contribution in [-0.2, 0) is 4.79 Å². The molecule has 0 aliphatic heterocycles. The summed E-state index contributed by atoms with van der Waals surface area (Å²) in [4.78, 5) is 14.2. The van der Waals surface area contributed by atoms with Crippen LogP contribution in [0.25, 0.3) is 0 Å². The van der Waals surface area contributed by atoms with E-state index in [1.165, 1.54) is 0 Å². The molecule has 1 aliphatic carbocycles. The van der Waals surface area contributed by atoms with E-state index >= 15 is 0 Å². The van der Waals surface area contributed by atoms with Crippen molar-refractivity contribution in [1.82, 2.24) is 4.90 Å². The molecule has 0 saturated carbocycles. The van der Waals surface area contributed by atoms with E-state index in [4.69, 9.17) is 5.11 Å². The fraction of sp³-hybridized carbons (Fsp3) is 0.769. The van der Waals surface area contributed by atoms with E-state index in [0.717, 1.165) is 19.3 Å². The van der Waals surface area contributed by atoms with E-state index in [1.54, 1.807) is 0 Å². The van der Waals surface area contributed by atoms with Crippen molar-refractivity contribution in [3.63, 3.8) is 0 Å². The van der Waals surface area contributed by atoms with Gasteiger partial charge in [-0.1, -0.05) is 12.2 Å². The smallest absolute Gasteiger partial charge is 0.226 e. The van der Waals surface area contributed by atoms with Gasteiger partial charge in [0.05, 0.1) is 0 Å². The molecule has 0 radical (unpaired) electrons. The van der Waals surface area contributed by atoms with Crippen molar-refractivity contribution in [3.05, 3.63) is 12.2 Å². The molecule has 92 valence electrons. The maximum atomic E-state index is 12.3. The van der Waals surface area contributed by atoms with Crippen LogP contribution in [0.15, 0.2) is 12.2 Å². The van der Waals surface area contributed by atoms with Crippen molar-refractivity contribution < 1.29 is 9.90 Å². The lowest BCUT2D eigenvalue weighted by molar-refractivity contribution is -0.137. The quantitative estimate of drug-likeness (QED) is 0.727. The van der Waals surface area contributed by atoms with Gasteiger partial charge < -0.3 is 10.0 Å². The SMILES string of the molecule is CC(C)N(CCCO)C(=O)C1CC=CCC1. The van der Waals surface area contributed by atoms with Gasteiger partial charge in [0.15, 0.2) is 0 Å². The number of nitrogens with zero attached hydrogens (tertiary/aromatic N) is 1. The minimum atomic E-state index is 0.154. The fourth-order valence-electron chi connectivity index (χ4n) is 2.12. The molecule has 1 unspecified atom stereocenters. The van der Waals surface area contributed by atoms with Gasteiger partial charge in [0.25, 0.3) is 0 Å². The van der Waals surface area contributed by atoms with Crippen molar-refractivity contribution in [2.45, 2.75) is 45.6 Å². The van der Waals surface area contributed by atoms with Crippen LogP contribution in [0.3, 0.4) is 0 Å². The summed E-state index contributed by atoms with van der Waals surface area (Å²) in [6.45, 7) is 4.90. The summed E-state index contributed by atoms with van der Waals surface area (Å²) in [6, 6.07) is 0.227. The second-order valence-corrected chi connectivity index (χ2v) is 4.68. The van der Waals surface area contributed by atoms with Crippen LogP contribution in [0.5, 0.6) is 0 Å². The number of amides is 1. The molecule has 0 heterocycles. The van der Waals surface area contributed by atoms with E-state index in [0.29, 0.717) is 13.0 Å². The highest BCUT2D eigenvalue weighted by Crippen LogP contribution is 2.21. The van der Waals surface area contributed by atoms with Gasteiger partial charge in [-0.2, -0.15) is 0 Å². The van der Waals surface area contributed by atoms with Gasteiger partial charge in [0, 0.05) is 25.1 Å². The Bertz CT molecular complexity index is 248. The molecule has 1 N–H and O–H groups in total. The molecule has 0 fully saturated rings. The maximum absolute atomic E-state index is 12.3. The normalized spacial score (nSPS) is 20.1. The number of hydrogen-bond donors (Lipinski definition) is 1. The minimum absolute atomic E-state index is 0.154. The number of allylic oxidation sites excluding steroid dienone is 2. The Morgan fingerprint density at radius 2 is 2.25 bits per heavy atom. The van der Waals surface area contributed by atoms with E-state index in [-0.39, 0.29) is 24.5 Å². The van der Waals surface area contributed by atoms with Crippen LogP contribution in [0.2, 0.25) is 0 Å². The summed E-state index contributed by atoms with van der Waals surface area (Å²) in [6.07, 6.45) is 7.79. The highest BCUT2D eigenvalue weighted by Gasteiger charge is 2.25. The molecule has 0 bridgehead atoms. The maximum Gasteiger partial charge on any atom is 0.226 e. The van der Waals surface area contributed by atoms with E-state index in [9.17, 15) is 4.79 Å². The average molecular weight is 225 g/mol. The van der Waals surface area contributed by atoms with Gasteiger partial charge in [0.1, 0.15) is 0 Å². The molecular weight excluding hydrogens is 202 g/mol. The zero-order chi connectivity index (χ0) is 12.0. The molecule has 3 heteroatoms. The summed E-state index contributed by atoms with van der Waals surface area (Å²) in [5.74, 6) is 0.416. The van der Waals surface area contributed by atoms with Gasteiger partial charge in [-0.3, -0.25) is 4.79 Å². The highest BCUT2D eigenvalue weighted by atomic mass is 16.3. The van der Waals surface area contributed by atoms with Gasteiger partial charge in [-0.05, 0) is 39.5 Å². The number of hydrogen-bond acceptors (Lipinski definition) is 2. The van der Waals surface area contributed by atoms with Crippen LogP contribution in [-0.4, -0.2) is 35.1 Å². The monoisotopic (exact) mass is 225 g/mol. The van der Waals surface area contributed by atoms with Gasteiger partial charge in [0.2, 0.25) is 5.91 Å². The number of aliphatic hydroxyl groups excluding tert-OH is 1. The second kappa shape index (κ2) is 6.69. The molecule has 3 nitrogen and oxygen atoms in total.